The van der Waals surface area contributed by atoms with Crippen molar-refractivity contribution in [2.24, 2.45) is 5.84 Å². The lowest BCUT2D eigenvalue weighted by atomic mass is 10.2. The SMILES string of the molecule is COc1ccc(OCC(=O)N2CCN(C(=O)CC(=O)NN)CC2)cc1. The Morgan fingerprint density at radius 2 is 1.52 bits per heavy atom. The van der Waals surface area contributed by atoms with Gasteiger partial charge in [-0.05, 0) is 24.3 Å². The maximum absolute atomic E-state index is 12.2. The molecule has 3 amide bonds. The number of hydrogen-bond donors (Lipinski definition) is 2. The minimum Gasteiger partial charge on any atom is -0.497 e. The molecule has 0 spiro atoms. The van der Waals surface area contributed by atoms with Gasteiger partial charge in [0.25, 0.3) is 5.91 Å². The van der Waals surface area contributed by atoms with Crippen molar-refractivity contribution in [1.82, 2.24) is 15.2 Å². The highest BCUT2D eigenvalue weighted by Crippen LogP contribution is 2.17. The largest absolute Gasteiger partial charge is 0.497 e. The van der Waals surface area contributed by atoms with Gasteiger partial charge in [-0.3, -0.25) is 19.8 Å². The van der Waals surface area contributed by atoms with Gasteiger partial charge in [-0.15, -0.1) is 0 Å². The number of rotatable bonds is 6. The van der Waals surface area contributed by atoms with E-state index in [-0.39, 0.29) is 24.8 Å². The van der Waals surface area contributed by atoms with Gasteiger partial charge in [-0.2, -0.15) is 0 Å². The number of carbonyl (C=O) groups excluding carboxylic acids is 3. The molecule has 25 heavy (non-hydrogen) atoms. The first-order valence-corrected chi connectivity index (χ1v) is 7.85. The molecule has 0 bridgehead atoms. The number of nitrogens with two attached hydrogens (primary N) is 1. The molecule has 1 aliphatic heterocycles. The van der Waals surface area contributed by atoms with Gasteiger partial charge in [0.2, 0.25) is 11.8 Å². The number of nitrogens with zero attached hydrogens (tertiary/aromatic N) is 2. The Labute approximate surface area is 145 Å². The highest BCUT2D eigenvalue weighted by molar-refractivity contribution is 5.96. The van der Waals surface area contributed by atoms with Crippen LogP contribution in [0.3, 0.4) is 0 Å². The number of hydrazine groups is 1. The van der Waals surface area contributed by atoms with Crippen LogP contribution in [-0.4, -0.2) is 67.4 Å². The molecule has 2 rings (SSSR count). The lowest BCUT2D eigenvalue weighted by Crippen LogP contribution is -2.52. The first kappa shape index (κ1) is 18.5. The number of nitrogens with one attached hydrogen (secondary N) is 1. The van der Waals surface area contributed by atoms with Crippen LogP contribution < -0.4 is 20.7 Å². The van der Waals surface area contributed by atoms with Crippen LogP contribution in [0, 0.1) is 0 Å². The third-order valence-corrected chi connectivity index (χ3v) is 3.88. The minimum absolute atomic E-state index is 0.0736. The van der Waals surface area contributed by atoms with Gasteiger partial charge < -0.3 is 19.3 Å². The molecule has 1 fully saturated rings. The van der Waals surface area contributed by atoms with Crippen LogP contribution in [0.25, 0.3) is 0 Å². The van der Waals surface area contributed by atoms with E-state index >= 15 is 0 Å². The number of ether oxygens (including phenoxy) is 2. The predicted molar refractivity (Wildman–Crippen MR) is 88.6 cm³/mol. The molecule has 9 nitrogen and oxygen atoms in total. The second-order valence-electron chi connectivity index (χ2n) is 5.47. The van der Waals surface area contributed by atoms with Crippen LogP contribution in [0.1, 0.15) is 6.42 Å². The Morgan fingerprint density at radius 1 is 1.00 bits per heavy atom. The number of amides is 3. The van der Waals surface area contributed by atoms with Gasteiger partial charge in [0.15, 0.2) is 6.61 Å². The van der Waals surface area contributed by atoms with E-state index in [0.29, 0.717) is 37.7 Å². The van der Waals surface area contributed by atoms with Crippen LogP contribution >= 0.6 is 0 Å². The van der Waals surface area contributed by atoms with Crippen LogP contribution in [0.5, 0.6) is 11.5 Å². The normalized spacial score (nSPS) is 14.0. The van der Waals surface area contributed by atoms with Crippen molar-refractivity contribution in [3.05, 3.63) is 24.3 Å². The zero-order valence-corrected chi connectivity index (χ0v) is 14.1. The third-order valence-electron chi connectivity index (χ3n) is 3.88. The van der Waals surface area contributed by atoms with E-state index in [0.717, 1.165) is 0 Å². The van der Waals surface area contributed by atoms with Crippen molar-refractivity contribution in [3.8, 4) is 11.5 Å². The van der Waals surface area contributed by atoms with E-state index in [1.54, 1.807) is 41.2 Å². The zero-order chi connectivity index (χ0) is 18.2. The molecule has 1 saturated heterocycles. The van der Waals surface area contributed by atoms with Crippen molar-refractivity contribution >= 4 is 17.7 Å². The average Bonchev–Trinajstić information content (AvgIpc) is 2.66. The molecule has 0 aromatic heterocycles. The fourth-order valence-corrected chi connectivity index (χ4v) is 2.41. The van der Waals surface area contributed by atoms with Gasteiger partial charge in [-0.1, -0.05) is 0 Å². The van der Waals surface area contributed by atoms with Gasteiger partial charge >= 0.3 is 0 Å². The van der Waals surface area contributed by atoms with Crippen molar-refractivity contribution in [2.45, 2.75) is 6.42 Å². The van der Waals surface area contributed by atoms with E-state index in [1.165, 1.54) is 0 Å². The Balaban J connectivity index is 1.75. The van der Waals surface area contributed by atoms with E-state index < -0.39 is 5.91 Å². The Hall–Kier alpha value is -2.81. The molecule has 0 unspecified atom stereocenters. The highest BCUT2D eigenvalue weighted by atomic mass is 16.5. The number of benzene rings is 1. The molecule has 1 aliphatic rings. The molecule has 136 valence electrons. The van der Waals surface area contributed by atoms with Crippen LogP contribution in [0.2, 0.25) is 0 Å². The predicted octanol–water partition coefficient (Wildman–Crippen LogP) is -0.875. The number of carbonyl (C=O) groups is 3. The highest BCUT2D eigenvalue weighted by Gasteiger charge is 2.25. The minimum atomic E-state index is -0.531. The summed E-state index contributed by atoms with van der Waals surface area (Å²) in [6.45, 7) is 1.49. The molecule has 1 aromatic carbocycles. The molecule has 9 heteroatoms. The maximum atomic E-state index is 12.2. The van der Waals surface area contributed by atoms with Gasteiger partial charge in [-0.25, -0.2) is 5.84 Å². The smallest absolute Gasteiger partial charge is 0.260 e. The van der Waals surface area contributed by atoms with Crippen molar-refractivity contribution in [2.75, 3.05) is 39.9 Å². The third kappa shape index (κ3) is 5.35. The van der Waals surface area contributed by atoms with E-state index in [1.807, 2.05) is 5.43 Å². The lowest BCUT2D eigenvalue weighted by Gasteiger charge is -2.34. The fraction of sp³-hybridized carbons (Fsp3) is 0.438. The van der Waals surface area contributed by atoms with Crippen molar-refractivity contribution in [1.29, 1.82) is 0 Å². The van der Waals surface area contributed by atoms with E-state index in [4.69, 9.17) is 15.3 Å². The zero-order valence-electron chi connectivity index (χ0n) is 14.1. The Morgan fingerprint density at radius 3 is 2.04 bits per heavy atom. The first-order chi connectivity index (χ1) is 12.0. The molecule has 3 N–H and O–H groups in total. The lowest BCUT2D eigenvalue weighted by molar-refractivity contribution is -0.142. The van der Waals surface area contributed by atoms with Crippen molar-refractivity contribution in [3.63, 3.8) is 0 Å². The summed E-state index contributed by atoms with van der Waals surface area (Å²) in [6.07, 6.45) is -0.287. The van der Waals surface area contributed by atoms with E-state index in [2.05, 4.69) is 0 Å². The Kier molecular flexibility index (Phi) is 6.58. The summed E-state index contributed by atoms with van der Waals surface area (Å²) in [5.74, 6) is 5.27. The second-order valence-corrected chi connectivity index (χ2v) is 5.47. The molecule has 0 saturated carbocycles. The number of hydrogen-bond acceptors (Lipinski definition) is 6. The van der Waals surface area contributed by atoms with Crippen LogP contribution in [0.15, 0.2) is 24.3 Å². The van der Waals surface area contributed by atoms with Crippen molar-refractivity contribution < 1.29 is 23.9 Å². The number of piperazine rings is 1. The van der Waals surface area contributed by atoms with Crippen LogP contribution in [0.4, 0.5) is 0 Å². The maximum Gasteiger partial charge on any atom is 0.260 e. The summed E-state index contributed by atoms with van der Waals surface area (Å²) in [4.78, 5) is 38.4. The summed E-state index contributed by atoms with van der Waals surface area (Å²) >= 11 is 0. The summed E-state index contributed by atoms with van der Waals surface area (Å²) in [5, 5.41) is 0. The van der Waals surface area contributed by atoms with Gasteiger partial charge in [0.1, 0.15) is 17.9 Å². The quantitative estimate of drug-likeness (QED) is 0.298. The first-order valence-electron chi connectivity index (χ1n) is 7.85. The molecule has 0 radical (unpaired) electrons. The van der Waals surface area contributed by atoms with Crippen LogP contribution in [-0.2, 0) is 14.4 Å². The molecule has 0 aliphatic carbocycles. The summed E-state index contributed by atoms with van der Waals surface area (Å²) < 4.78 is 10.5. The summed E-state index contributed by atoms with van der Waals surface area (Å²) in [5.41, 5.74) is 1.93. The second kappa shape index (κ2) is 8.88. The summed E-state index contributed by atoms with van der Waals surface area (Å²) in [7, 11) is 1.58. The molecule has 1 heterocycles. The standard InChI is InChI=1S/C16H22N4O5/c1-24-12-2-4-13(5-3-12)25-11-16(23)20-8-6-19(7-9-20)15(22)10-14(21)18-17/h2-5H,6-11,17H2,1H3,(H,18,21). The van der Waals surface area contributed by atoms with Gasteiger partial charge in [0.05, 0.1) is 7.11 Å². The monoisotopic (exact) mass is 350 g/mol. The summed E-state index contributed by atoms with van der Waals surface area (Å²) in [6, 6.07) is 6.96. The number of methoxy groups -OCH3 is 1. The molecule has 0 atom stereocenters. The fourth-order valence-electron chi connectivity index (χ4n) is 2.41. The average molecular weight is 350 g/mol. The molecular formula is C16H22N4O5. The molecular weight excluding hydrogens is 328 g/mol. The topological polar surface area (TPSA) is 114 Å². The van der Waals surface area contributed by atoms with Gasteiger partial charge in [0, 0.05) is 26.2 Å². The van der Waals surface area contributed by atoms with E-state index in [9.17, 15) is 14.4 Å². The molecule has 1 aromatic rings. The Bertz CT molecular complexity index is 611.